The first kappa shape index (κ1) is 9.12. The molecule has 0 radical (unpaired) electrons. The Bertz CT molecular complexity index is 212. The zero-order valence-corrected chi connectivity index (χ0v) is 7.88. The average Bonchev–Trinajstić information content (AvgIpc) is 2.05. The monoisotopic (exact) mass is 164 g/mol. The molecule has 1 heterocycles. The fraction of sp³-hybridized carbons (Fsp3) is 0.700. The van der Waals surface area contributed by atoms with E-state index in [0.29, 0.717) is 12.6 Å². The molecule has 2 nitrogen and oxygen atoms in total. The van der Waals surface area contributed by atoms with Gasteiger partial charge in [-0.25, -0.2) is 0 Å². The average molecular weight is 164 g/mol. The van der Waals surface area contributed by atoms with E-state index < -0.39 is 0 Å². The molecule has 0 bridgehead atoms. The summed E-state index contributed by atoms with van der Waals surface area (Å²) in [5, 5.41) is 8.60. The largest absolute Gasteiger partial charge is 0.361 e. The van der Waals surface area contributed by atoms with Crippen LogP contribution in [0.15, 0.2) is 11.8 Å². The van der Waals surface area contributed by atoms with Gasteiger partial charge in [-0.1, -0.05) is 12.5 Å². The molecule has 1 atom stereocenters. The standard InChI is InChI=1S/C10H16N2/c1-3-10-5-4-9(2)8-12(10)7-6-11/h8,10H,3-5,7H2,1-2H3. The molecule has 0 aliphatic carbocycles. The number of hydrogen-bond donors (Lipinski definition) is 0. The van der Waals surface area contributed by atoms with Crippen molar-refractivity contribution in [1.82, 2.24) is 4.90 Å². The Morgan fingerprint density at radius 1 is 1.75 bits per heavy atom. The van der Waals surface area contributed by atoms with E-state index >= 15 is 0 Å². The molecular weight excluding hydrogens is 148 g/mol. The van der Waals surface area contributed by atoms with Gasteiger partial charge in [0, 0.05) is 6.04 Å². The summed E-state index contributed by atoms with van der Waals surface area (Å²) in [5.74, 6) is 0. The van der Waals surface area contributed by atoms with E-state index in [1.54, 1.807) is 0 Å². The minimum Gasteiger partial charge on any atom is -0.361 e. The van der Waals surface area contributed by atoms with Crippen LogP contribution >= 0.6 is 0 Å². The topological polar surface area (TPSA) is 27.0 Å². The predicted molar refractivity (Wildman–Crippen MR) is 49.4 cm³/mol. The highest BCUT2D eigenvalue weighted by Crippen LogP contribution is 2.21. The van der Waals surface area contributed by atoms with E-state index in [2.05, 4.69) is 31.0 Å². The first-order valence-electron chi connectivity index (χ1n) is 4.58. The zero-order chi connectivity index (χ0) is 8.97. The Morgan fingerprint density at radius 3 is 3.08 bits per heavy atom. The van der Waals surface area contributed by atoms with Crippen molar-refractivity contribution in [1.29, 1.82) is 5.26 Å². The van der Waals surface area contributed by atoms with Gasteiger partial charge in [-0.15, -0.1) is 0 Å². The van der Waals surface area contributed by atoms with Crippen LogP contribution in [0, 0.1) is 11.3 Å². The third kappa shape index (κ3) is 2.01. The third-order valence-corrected chi connectivity index (χ3v) is 2.45. The van der Waals surface area contributed by atoms with Crippen LogP contribution in [0.3, 0.4) is 0 Å². The second-order valence-electron chi connectivity index (χ2n) is 3.41. The summed E-state index contributed by atoms with van der Waals surface area (Å²) in [5.41, 5.74) is 1.40. The van der Waals surface area contributed by atoms with Crippen molar-refractivity contribution in [2.45, 2.75) is 39.2 Å². The van der Waals surface area contributed by atoms with Gasteiger partial charge in [0.05, 0.1) is 6.07 Å². The van der Waals surface area contributed by atoms with Gasteiger partial charge < -0.3 is 4.90 Å². The van der Waals surface area contributed by atoms with Gasteiger partial charge in [0.2, 0.25) is 0 Å². The second kappa shape index (κ2) is 4.15. The molecule has 1 aliphatic heterocycles. The number of nitriles is 1. The summed E-state index contributed by atoms with van der Waals surface area (Å²) in [7, 11) is 0. The van der Waals surface area contributed by atoms with Crippen molar-refractivity contribution in [2.24, 2.45) is 0 Å². The normalized spacial score (nSPS) is 23.2. The summed E-state index contributed by atoms with van der Waals surface area (Å²) < 4.78 is 0. The van der Waals surface area contributed by atoms with Gasteiger partial charge >= 0.3 is 0 Å². The van der Waals surface area contributed by atoms with Crippen LogP contribution in [0.25, 0.3) is 0 Å². The summed E-state index contributed by atoms with van der Waals surface area (Å²) in [6, 6.07) is 2.79. The van der Waals surface area contributed by atoms with Gasteiger partial charge in [-0.2, -0.15) is 5.26 Å². The Labute approximate surface area is 74.5 Å². The van der Waals surface area contributed by atoms with Crippen LogP contribution in [0.1, 0.15) is 33.1 Å². The lowest BCUT2D eigenvalue weighted by Crippen LogP contribution is -2.33. The van der Waals surface area contributed by atoms with Gasteiger partial charge in [0.1, 0.15) is 6.54 Å². The highest BCUT2D eigenvalue weighted by atomic mass is 15.1. The van der Waals surface area contributed by atoms with Crippen molar-refractivity contribution in [3.63, 3.8) is 0 Å². The minimum absolute atomic E-state index is 0.538. The maximum Gasteiger partial charge on any atom is 0.105 e. The van der Waals surface area contributed by atoms with Crippen LogP contribution in [-0.2, 0) is 0 Å². The fourth-order valence-corrected chi connectivity index (χ4v) is 1.71. The van der Waals surface area contributed by atoms with Crippen LogP contribution in [0.2, 0.25) is 0 Å². The van der Waals surface area contributed by atoms with E-state index in [1.807, 2.05) is 0 Å². The molecule has 1 unspecified atom stereocenters. The van der Waals surface area contributed by atoms with Gasteiger partial charge in [-0.3, -0.25) is 0 Å². The molecule has 1 aliphatic rings. The maximum absolute atomic E-state index is 8.60. The molecular formula is C10H16N2. The summed E-state index contributed by atoms with van der Waals surface area (Å²) in [4.78, 5) is 2.17. The summed E-state index contributed by atoms with van der Waals surface area (Å²) in [6.07, 6.45) is 5.69. The molecule has 12 heavy (non-hydrogen) atoms. The first-order valence-corrected chi connectivity index (χ1v) is 4.58. The van der Waals surface area contributed by atoms with Crippen molar-refractivity contribution >= 4 is 0 Å². The number of hydrogen-bond acceptors (Lipinski definition) is 2. The van der Waals surface area contributed by atoms with Crippen molar-refractivity contribution in [3.05, 3.63) is 11.8 Å². The predicted octanol–water partition coefficient (Wildman–Crippen LogP) is 2.29. The molecule has 0 aromatic rings. The smallest absolute Gasteiger partial charge is 0.105 e. The second-order valence-corrected chi connectivity index (χ2v) is 3.41. The summed E-state index contributed by atoms with van der Waals surface area (Å²) in [6.45, 7) is 4.86. The molecule has 0 saturated carbocycles. The highest BCUT2D eigenvalue weighted by Gasteiger charge is 2.17. The quantitative estimate of drug-likeness (QED) is 0.585. The number of rotatable bonds is 2. The van der Waals surface area contributed by atoms with Crippen molar-refractivity contribution in [3.8, 4) is 6.07 Å². The van der Waals surface area contributed by atoms with E-state index in [9.17, 15) is 0 Å². The molecule has 0 aromatic carbocycles. The molecule has 0 N–H and O–H groups in total. The molecule has 2 heteroatoms. The Kier molecular flexibility index (Phi) is 3.16. The molecule has 0 saturated heterocycles. The lowest BCUT2D eigenvalue weighted by Gasteiger charge is -2.32. The number of allylic oxidation sites excluding steroid dienone is 1. The molecule has 0 spiro atoms. The lowest BCUT2D eigenvalue weighted by molar-refractivity contribution is 0.262. The van der Waals surface area contributed by atoms with E-state index in [1.165, 1.54) is 18.4 Å². The molecule has 0 amide bonds. The van der Waals surface area contributed by atoms with Crippen molar-refractivity contribution in [2.75, 3.05) is 6.54 Å². The van der Waals surface area contributed by atoms with Crippen LogP contribution in [-0.4, -0.2) is 17.5 Å². The van der Waals surface area contributed by atoms with Crippen LogP contribution in [0.4, 0.5) is 0 Å². The molecule has 1 rings (SSSR count). The Hall–Kier alpha value is -0.970. The van der Waals surface area contributed by atoms with Crippen molar-refractivity contribution < 1.29 is 0 Å². The number of nitrogens with zero attached hydrogens (tertiary/aromatic N) is 2. The van der Waals surface area contributed by atoms with Gasteiger partial charge in [0.25, 0.3) is 0 Å². The molecule has 66 valence electrons. The fourth-order valence-electron chi connectivity index (χ4n) is 1.71. The van der Waals surface area contributed by atoms with Crippen LogP contribution < -0.4 is 0 Å². The molecule has 0 aromatic heterocycles. The maximum atomic E-state index is 8.60. The van der Waals surface area contributed by atoms with E-state index in [-0.39, 0.29) is 0 Å². The van der Waals surface area contributed by atoms with E-state index in [0.717, 1.165) is 6.42 Å². The van der Waals surface area contributed by atoms with Gasteiger partial charge in [-0.05, 0) is 32.4 Å². The minimum atomic E-state index is 0.538. The zero-order valence-electron chi connectivity index (χ0n) is 7.88. The van der Waals surface area contributed by atoms with Crippen LogP contribution in [0.5, 0.6) is 0 Å². The van der Waals surface area contributed by atoms with Gasteiger partial charge in [0.15, 0.2) is 0 Å². The molecule has 0 fully saturated rings. The summed E-state index contributed by atoms with van der Waals surface area (Å²) >= 11 is 0. The first-order chi connectivity index (χ1) is 5.77. The Morgan fingerprint density at radius 2 is 2.50 bits per heavy atom. The Balaban J connectivity index is 2.63. The lowest BCUT2D eigenvalue weighted by atomic mass is 10.00. The highest BCUT2D eigenvalue weighted by molar-refractivity contribution is 5.05. The SMILES string of the molecule is CCC1CCC(C)=CN1CC#N. The third-order valence-electron chi connectivity index (χ3n) is 2.45. The van der Waals surface area contributed by atoms with E-state index in [4.69, 9.17) is 5.26 Å².